The average molecular weight is 394 g/mol. The van der Waals surface area contributed by atoms with Gasteiger partial charge >= 0.3 is 6.03 Å². The molecule has 0 radical (unpaired) electrons. The number of amides is 2. The summed E-state index contributed by atoms with van der Waals surface area (Å²) in [7, 11) is 1.75. The second-order valence-corrected chi connectivity index (χ2v) is 6.41. The molecule has 1 atom stereocenters. The number of fused-ring (bicyclic) bond motifs is 1. The van der Waals surface area contributed by atoms with Crippen molar-refractivity contribution < 1.29 is 9.90 Å². The Kier molecular flexibility index (Phi) is 3.86. The molecule has 0 aliphatic carbocycles. The molecule has 1 aliphatic heterocycles. The molecule has 108 valence electrons. The number of carbonyl (C=O) groups is 1. The molecule has 2 amide bonds. The summed E-state index contributed by atoms with van der Waals surface area (Å²) in [6.45, 7) is 0.550. The van der Waals surface area contributed by atoms with E-state index in [4.69, 9.17) is 0 Å². The highest BCUT2D eigenvalue weighted by atomic mass is 127. The van der Waals surface area contributed by atoms with Crippen LogP contribution in [0.15, 0.2) is 42.5 Å². The predicted octanol–water partition coefficient (Wildman–Crippen LogP) is 3.35. The van der Waals surface area contributed by atoms with Crippen LogP contribution in [-0.4, -0.2) is 23.1 Å². The zero-order valence-electron chi connectivity index (χ0n) is 11.5. The monoisotopic (exact) mass is 394 g/mol. The molecular formula is C16H15IN2O2. The lowest BCUT2D eigenvalue weighted by Crippen LogP contribution is -2.35. The number of aliphatic hydroxyl groups excluding tert-OH is 1. The molecule has 21 heavy (non-hydrogen) atoms. The molecule has 4 nitrogen and oxygen atoms in total. The summed E-state index contributed by atoms with van der Waals surface area (Å²) in [5.74, 6) is 0. The summed E-state index contributed by atoms with van der Waals surface area (Å²) in [6.07, 6.45) is -0.659. The van der Waals surface area contributed by atoms with E-state index in [-0.39, 0.29) is 6.03 Å². The molecule has 1 aliphatic rings. The third kappa shape index (κ3) is 2.89. The minimum Gasteiger partial charge on any atom is -0.384 e. The summed E-state index contributed by atoms with van der Waals surface area (Å²) in [5, 5.41) is 13.4. The van der Waals surface area contributed by atoms with Gasteiger partial charge in [-0.25, -0.2) is 4.79 Å². The van der Waals surface area contributed by atoms with Crippen molar-refractivity contribution in [1.82, 2.24) is 4.90 Å². The summed E-state index contributed by atoms with van der Waals surface area (Å²) in [6, 6.07) is 13.4. The Balaban J connectivity index is 1.93. The first-order valence-corrected chi connectivity index (χ1v) is 7.71. The van der Waals surface area contributed by atoms with E-state index in [9.17, 15) is 9.90 Å². The van der Waals surface area contributed by atoms with Gasteiger partial charge in [0.2, 0.25) is 0 Å². The fourth-order valence-electron chi connectivity index (χ4n) is 2.44. The summed E-state index contributed by atoms with van der Waals surface area (Å²) < 4.78 is 1.09. The van der Waals surface area contributed by atoms with Crippen LogP contribution >= 0.6 is 22.6 Å². The van der Waals surface area contributed by atoms with Gasteiger partial charge in [-0.1, -0.05) is 18.2 Å². The van der Waals surface area contributed by atoms with Gasteiger partial charge in [-0.15, -0.1) is 0 Å². The zero-order chi connectivity index (χ0) is 15.0. The summed E-state index contributed by atoms with van der Waals surface area (Å²) in [5.41, 5.74) is 3.53. The van der Waals surface area contributed by atoms with Crippen LogP contribution in [0.3, 0.4) is 0 Å². The van der Waals surface area contributed by atoms with Crippen LogP contribution in [0.2, 0.25) is 0 Å². The minimum atomic E-state index is -0.659. The number of hydrogen-bond acceptors (Lipinski definition) is 2. The van der Waals surface area contributed by atoms with Gasteiger partial charge in [0.25, 0.3) is 0 Å². The van der Waals surface area contributed by atoms with Crippen LogP contribution in [0, 0.1) is 3.57 Å². The Morgan fingerprint density at radius 3 is 2.76 bits per heavy atom. The molecule has 1 unspecified atom stereocenters. The minimum absolute atomic E-state index is 0.103. The number of nitrogens with zero attached hydrogens (tertiary/aromatic N) is 1. The molecule has 0 aromatic heterocycles. The Bertz CT molecular complexity index is 702. The van der Waals surface area contributed by atoms with Crippen molar-refractivity contribution in [2.75, 3.05) is 12.4 Å². The van der Waals surface area contributed by atoms with Gasteiger partial charge in [0, 0.05) is 22.8 Å². The van der Waals surface area contributed by atoms with E-state index in [0.29, 0.717) is 6.54 Å². The zero-order valence-corrected chi connectivity index (χ0v) is 13.7. The Morgan fingerprint density at radius 2 is 2.00 bits per heavy atom. The number of nitrogens with one attached hydrogen (secondary N) is 1. The van der Waals surface area contributed by atoms with E-state index in [2.05, 4.69) is 27.9 Å². The number of carbonyl (C=O) groups excluding carboxylic acids is 1. The molecule has 2 aromatic carbocycles. The molecule has 0 saturated heterocycles. The second kappa shape index (κ2) is 5.65. The van der Waals surface area contributed by atoms with Crippen LogP contribution in [0.1, 0.15) is 22.8 Å². The maximum Gasteiger partial charge on any atom is 0.321 e. The SMILES string of the molecule is CN1Cc2cc(C(O)c3cccc(I)c3)ccc2NC1=O. The van der Waals surface area contributed by atoms with Crippen LogP contribution < -0.4 is 5.32 Å². The second-order valence-electron chi connectivity index (χ2n) is 5.16. The quantitative estimate of drug-likeness (QED) is 0.768. The number of aliphatic hydroxyl groups is 1. The lowest BCUT2D eigenvalue weighted by Gasteiger charge is -2.26. The molecular weight excluding hydrogens is 379 g/mol. The number of anilines is 1. The lowest BCUT2D eigenvalue weighted by molar-refractivity contribution is 0.217. The predicted molar refractivity (Wildman–Crippen MR) is 90.1 cm³/mol. The van der Waals surface area contributed by atoms with Gasteiger partial charge in [0.1, 0.15) is 6.10 Å². The molecule has 0 saturated carbocycles. The molecule has 3 rings (SSSR count). The number of urea groups is 1. The topological polar surface area (TPSA) is 52.6 Å². The first-order chi connectivity index (χ1) is 10.0. The largest absolute Gasteiger partial charge is 0.384 e. The van der Waals surface area contributed by atoms with Crippen LogP contribution in [0.5, 0.6) is 0 Å². The smallest absolute Gasteiger partial charge is 0.321 e. The molecule has 5 heteroatoms. The van der Waals surface area contributed by atoms with Gasteiger partial charge in [-0.05, 0) is 63.5 Å². The van der Waals surface area contributed by atoms with Crippen molar-refractivity contribution in [3.05, 3.63) is 62.7 Å². The van der Waals surface area contributed by atoms with Crippen molar-refractivity contribution in [2.24, 2.45) is 0 Å². The van der Waals surface area contributed by atoms with Gasteiger partial charge in [-0.2, -0.15) is 0 Å². The van der Waals surface area contributed by atoms with Gasteiger partial charge in [-0.3, -0.25) is 0 Å². The Hall–Kier alpha value is -1.60. The highest BCUT2D eigenvalue weighted by molar-refractivity contribution is 14.1. The molecule has 0 spiro atoms. The maximum atomic E-state index is 11.6. The van der Waals surface area contributed by atoms with E-state index >= 15 is 0 Å². The third-order valence-electron chi connectivity index (χ3n) is 3.61. The Morgan fingerprint density at radius 1 is 1.24 bits per heavy atom. The van der Waals surface area contributed by atoms with E-state index < -0.39 is 6.10 Å². The lowest BCUT2D eigenvalue weighted by atomic mass is 9.98. The molecule has 2 N–H and O–H groups in total. The van der Waals surface area contributed by atoms with Crippen LogP contribution in [-0.2, 0) is 6.54 Å². The number of benzene rings is 2. The van der Waals surface area contributed by atoms with E-state index in [1.807, 2.05) is 42.5 Å². The first-order valence-electron chi connectivity index (χ1n) is 6.63. The Labute approximate surface area is 136 Å². The highest BCUT2D eigenvalue weighted by Crippen LogP contribution is 2.29. The van der Waals surface area contributed by atoms with E-state index in [0.717, 1.165) is 25.9 Å². The normalized spacial score (nSPS) is 15.4. The summed E-state index contributed by atoms with van der Waals surface area (Å²) in [4.78, 5) is 13.2. The first kappa shape index (κ1) is 14.3. The highest BCUT2D eigenvalue weighted by Gasteiger charge is 2.21. The number of hydrogen-bond donors (Lipinski definition) is 2. The van der Waals surface area contributed by atoms with Crippen molar-refractivity contribution in [3.8, 4) is 0 Å². The van der Waals surface area contributed by atoms with Crippen LogP contribution in [0.25, 0.3) is 0 Å². The van der Waals surface area contributed by atoms with Crippen molar-refractivity contribution in [3.63, 3.8) is 0 Å². The van der Waals surface area contributed by atoms with Crippen LogP contribution in [0.4, 0.5) is 10.5 Å². The van der Waals surface area contributed by atoms with E-state index in [1.54, 1.807) is 11.9 Å². The van der Waals surface area contributed by atoms with Crippen molar-refractivity contribution in [1.29, 1.82) is 0 Å². The molecule has 2 aromatic rings. The fraction of sp³-hybridized carbons (Fsp3) is 0.188. The molecule has 0 bridgehead atoms. The van der Waals surface area contributed by atoms with Crippen molar-refractivity contribution in [2.45, 2.75) is 12.6 Å². The van der Waals surface area contributed by atoms with Gasteiger partial charge in [0.05, 0.1) is 0 Å². The third-order valence-corrected chi connectivity index (χ3v) is 4.28. The average Bonchev–Trinajstić information content (AvgIpc) is 2.47. The fourth-order valence-corrected chi connectivity index (χ4v) is 3.01. The summed E-state index contributed by atoms with van der Waals surface area (Å²) >= 11 is 2.23. The number of rotatable bonds is 2. The van der Waals surface area contributed by atoms with Crippen molar-refractivity contribution >= 4 is 34.3 Å². The van der Waals surface area contributed by atoms with Gasteiger partial charge in [0.15, 0.2) is 0 Å². The maximum absolute atomic E-state index is 11.6. The molecule has 0 fully saturated rings. The van der Waals surface area contributed by atoms with Gasteiger partial charge < -0.3 is 15.3 Å². The van der Waals surface area contributed by atoms with E-state index in [1.165, 1.54) is 0 Å². The number of halogens is 1. The standard InChI is InChI=1S/C16H15IN2O2/c1-19-9-12-7-11(5-6-14(12)18-16(19)21)15(20)10-3-2-4-13(17)8-10/h2-8,15,20H,9H2,1H3,(H,18,21). The molecule has 1 heterocycles.